The molecule has 0 spiro atoms. The van der Waals surface area contributed by atoms with Crippen molar-refractivity contribution in [2.45, 2.75) is 19.4 Å². The Bertz CT molecular complexity index is 648. The quantitative estimate of drug-likeness (QED) is 0.813. The van der Waals surface area contributed by atoms with E-state index in [0.717, 1.165) is 11.3 Å². The number of urea groups is 1. The van der Waals surface area contributed by atoms with Crippen molar-refractivity contribution in [2.75, 3.05) is 13.7 Å². The molecule has 23 heavy (non-hydrogen) atoms. The van der Waals surface area contributed by atoms with Crippen LogP contribution < -0.4 is 15.4 Å². The van der Waals surface area contributed by atoms with Gasteiger partial charge in [0.05, 0.1) is 13.7 Å². The highest BCUT2D eigenvalue weighted by Gasteiger charge is 2.15. The van der Waals surface area contributed by atoms with E-state index in [0.29, 0.717) is 13.0 Å². The highest BCUT2D eigenvalue weighted by atomic mass is 19.3. The van der Waals surface area contributed by atoms with Crippen molar-refractivity contribution >= 4 is 6.03 Å². The molecule has 0 atom stereocenters. The lowest BCUT2D eigenvalue weighted by Gasteiger charge is -2.07. The van der Waals surface area contributed by atoms with Gasteiger partial charge in [0.2, 0.25) is 11.7 Å². The first-order valence-electron chi connectivity index (χ1n) is 6.83. The van der Waals surface area contributed by atoms with Gasteiger partial charge in [0.25, 0.3) is 0 Å². The van der Waals surface area contributed by atoms with Crippen molar-refractivity contribution in [3.05, 3.63) is 41.5 Å². The molecule has 1 aromatic heterocycles. The summed E-state index contributed by atoms with van der Waals surface area (Å²) in [5, 5.41) is 8.18. The van der Waals surface area contributed by atoms with Crippen LogP contribution in [-0.4, -0.2) is 29.8 Å². The monoisotopic (exact) mass is 326 g/mol. The minimum atomic E-state index is -2.80. The summed E-state index contributed by atoms with van der Waals surface area (Å²) in [6.45, 7) is 0.288. The minimum absolute atomic E-state index is 0.0803. The van der Waals surface area contributed by atoms with E-state index in [1.54, 1.807) is 7.11 Å². The maximum absolute atomic E-state index is 12.3. The number of nitrogens with one attached hydrogen (secondary N) is 2. The lowest BCUT2D eigenvalue weighted by molar-refractivity contribution is 0.136. The number of alkyl halides is 2. The van der Waals surface area contributed by atoms with E-state index < -0.39 is 18.3 Å². The molecule has 9 heteroatoms. The first kappa shape index (κ1) is 16.7. The van der Waals surface area contributed by atoms with E-state index in [9.17, 15) is 13.6 Å². The fourth-order valence-electron chi connectivity index (χ4n) is 1.80. The van der Waals surface area contributed by atoms with Crippen LogP contribution in [0.4, 0.5) is 13.6 Å². The SMILES string of the molecule is COc1cccc(CCNC(=O)NCc2nc(C(F)F)no2)c1. The lowest BCUT2D eigenvalue weighted by atomic mass is 10.1. The summed E-state index contributed by atoms with van der Waals surface area (Å²) in [5.74, 6) is -0.0262. The number of hydrogen-bond donors (Lipinski definition) is 2. The predicted molar refractivity (Wildman–Crippen MR) is 76.2 cm³/mol. The number of ether oxygens (including phenoxy) is 1. The van der Waals surface area contributed by atoms with Crippen LogP contribution >= 0.6 is 0 Å². The number of hydrogen-bond acceptors (Lipinski definition) is 5. The van der Waals surface area contributed by atoms with E-state index in [1.165, 1.54) is 0 Å². The third kappa shape index (κ3) is 5.20. The van der Waals surface area contributed by atoms with Gasteiger partial charge < -0.3 is 19.9 Å². The lowest BCUT2D eigenvalue weighted by Crippen LogP contribution is -2.36. The van der Waals surface area contributed by atoms with Gasteiger partial charge in [-0.2, -0.15) is 4.98 Å². The van der Waals surface area contributed by atoms with Crippen molar-refractivity contribution in [1.29, 1.82) is 0 Å². The molecule has 0 aliphatic carbocycles. The highest BCUT2D eigenvalue weighted by molar-refractivity contribution is 5.73. The molecule has 2 N–H and O–H groups in total. The fraction of sp³-hybridized carbons (Fsp3) is 0.357. The Balaban J connectivity index is 1.70. The van der Waals surface area contributed by atoms with Crippen LogP contribution in [0.1, 0.15) is 23.7 Å². The van der Waals surface area contributed by atoms with Crippen LogP contribution in [0.15, 0.2) is 28.8 Å². The Morgan fingerprint density at radius 1 is 1.39 bits per heavy atom. The molecular formula is C14H16F2N4O3. The molecule has 0 unspecified atom stereocenters. The highest BCUT2D eigenvalue weighted by Crippen LogP contribution is 2.14. The van der Waals surface area contributed by atoms with E-state index >= 15 is 0 Å². The van der Waals surface area contributed by atoms with Crippen molar-refractivity contribution in [3.63, 3.8) is 0 Å². The third-order valence-electron chi connectivity index (χ3n) is 2.91. The molecule has 2 aromatic rings. The van der Waals surface area contributed by atoms with Crippen LogP contribution in [0.3, 0.4) is 0 Å². The second-order valence-corrected chi connectivity index (χ2v) is 4.56. The molecule has 0 fully saturated rings. The summed E-state index contributed by atoms with van der Waals surface area (Å²) in [6, 6.07) is 7.05. The van der Waals surface area contributed by atoms with Gasteiger partial charge in [0.15, 0.2) is 0 Å². The molecule has 0 radical (unpaired) electrons. The van der Waals surface area contributed by atoms with Gasteiger partial charge in [-0.1, -0.05) is 17.3 Å². The third-order valence-corrected chi connectivity index (χ3v) is 2.91. The number of carbonyl (C=O) groups excluding carboxylic acids is 1. The number of carbonyl (C=O) groups is 1. The minimum Gasteiger partial charge on any atom is -0.497 e. The maximum atomic E-state index is 12.3. The average Bonchev–Trinajstić information content (AvgIpc) is 3.02. The Labute approximate surface area is 131 Å². The predicted octanol–water partition coefficient (Wildman–Crippen LogP) is 2.06. The molecule has 2 rings (SSSR count). The van der Waals surface area contributed by atoms with Crippen LogP contribution in [-0.2, 0) is 13.0 Å². The summed E-state index contributed by atoms with van der Waals surface area (Å²) < 4.78 is 34.2. The molecule has 7 nitrogen and oxygen atoms in total. The molecule has 0 aliphatic rings. The summed E-state index contributed by atoms with van der Waals surface area (Å²) >= 11 is 0. The van der Waals surface area contributed by atoms with Gasteiger partial charge in [-0.25, -0.2) is 13.6 Å². The number of benzene rings is 1. The van der Waals surface area contributed by atoms with Crippen molar-refractivity contribution in [2.24, 2.45) is 0 Å². The molecule has 0 aliphatic heterocycles. The van der Waals surface area contributed by atoms with Crippen molar-refractivity contribution in [3.8, 4) is 5.75 Å². The smallest absolute Gasteiger partial charge is 0.315 e. The van der Waals surface area contributed by atoms with Crippen LogP contribution in [0.5, 0.6) is 5.75 Å². The number of halogens is 2. The Hall–Kier alpha value is -2.71. The van der Waals surface area contributed by atoms with Gasteiger partial charge in [-0.05, 0) is 24.1 Å². The van der Waals surface area contributed by atoms with Gasteiger partial charge in [-0.3, -0.25) is 0 Å². The fourth-order valence-corrected chi connectivity index (χ4v) is 1.80. The molecule has 1 aromatic carbocycles. The van der Waals surface area contributed by atoms with E-state index in [4.69, 9.17) is 4.74 Å². The summed E-state index contributed by atoms with van der Waals surface area (Å²) in [6.07, 6.45) is -2.18. The zero-order chi connectivity index (χ0) is 16.7. The first-order valence-corrected chi connectivity index (χ1v) is 6.83. The largest absolute Gasteiger partial charge is 0.497 e. The standard InChI is InChI=1S/C14H16F2N4O3/c1-22-10-4-2-3-9(7-10)5-6-17-14(21)18-8-11-19-13(12(15)16)20-23-11/h2-4,7,12H,5-6,8H2,1H3,(H2,17,18,21). The van der Waals surface area contributed by atoms with Crippen molar-refractivity contribution in [1.82, 2.24) is 20.8 Å². The van der Waals surface area contributed by atoms with Crippen LogP contribution in [0.25, 0.3) is 0 Å². The van der Waals surface area contributed by atoms with Gasteiger partial charge in [-0.15, -0.1) is 0 Å². The second kappa shape index (κ2) is 8.06. The van der Waals surface area contributed by atoms with Crippen LogP contribution in [0.2, 0.25) is 0 Å². The molecule has 1 heterocycles. The number of nitrogens with zero attached hydrogens (tertiary/aromatic N) is 2. The number of methoxy groups -OCH3 is 1. The molecule has 0 saturated heterocycles. The second-order valence-electron chi connectivity index (χ2n) is 4.56. The number of rotatable bonds is 7. The summed E-state index contributed by atoms with van der Waals surface area (Å²) in [4.78, 5) is 15.0. The van der Waals surface area contributed by atoms with E-state index in [1.807, 2.05) is 24.3 Å². The molecule has 0 saturated carbocycles. The number of aromatic nitrogens is 2. The van der Waals surface area contributed by atoms with Crippen molar-refractivity contribution < 1.29 is 22.8 Å². The number of amides is 2. The van der Waals surface area contributed by atoms with Gasteiger partial charge >= 0.3 is 12.5 Å². The zero-order valence-corrected chi connectivity index (χ0v) is 12.4. The van der Waals surface area contributed by atoms with Gasteiger partial charge in [0.1, 0.15) is 5.75 Å². The Morgan fingerprint density at radius 2 is 2.22 bits per heavy atom. The zero-order valence-electron chi connectivity index (χ0n) is 12.4. The molecule has 124 valence electrons. The topological polar surface area (TPSA) is 89.3 Å². The Kier molecular flexibility index (Phi) is 5.84. The van der Waals surface area contributed by atoms with Crippen LogP contribution in [0, 0.1) is 0 Å². The molecule has 2 amide bonds. The average molecular weight is 326 g/mol. The summed E-state index contributed by atoms with van der Waals surface area (Å²) in [5.41, 5.74) is 1.02. The first-order chi connectivity index (χ1) is 11.1. The summed E-state index contributed by atoms with van der Waals surface area (Å²) in [7, 11) is 1.59. The van der Waals surface area contributed by atoms with E-state index in [2.05, 4.69) is 25.3 Å². The normalized spacial score (nSPS) is 10.6. The maximum Gasteiger partial charge on any atom is 0.315 e. The molecule has 0 bridgehead atoms. The Morgan fingerprint density at radius 3 is 2.91 bits per heavy atom. The molecular weight excluding hydrogens is 310 g/mol. The van der Waals surface area contributed by atoms with E-state index in [-0.39, 0.29) is 12.4 Å². The van der Waals surface area contributed by atoms with Gasteiger partial charge in [0, 0.05) is 6.54 Å².